The molecular formula is C3H7F2N. The lowest BCUT2D eigenvalue weighted by Crippen LogP contribution is -2.13. The average molecular weight is 95.1 g/mol. The van der Waals surface area contributed by atoms with Crippen LogP contribution in [0.15, 0.2) is 0 Å². The van der Waals surface area contributed by atoms with E-state index in [1.165, 1.54) is 7.05 Å². The van der Waals surface area contributed by atoms with Crippen LogP contribution in [0.2, 0.25) is 0 Å². The average Bonchev–Trinajstić information content (AvgIpc) is 1.65. The maximum Gasteiger partial charge on any atom is 0.144 e. The summed E-state index contributed by atoms with van der Waals surface area (Å²) in [5.41, 5.74) is 0. The first-order valence-corrected chi connectivity index (χ1v) is 1.61. The van der Waals surface area contributed by atoms with E-state index >= 15 is 0 Å². The van der Waals surface area contributed by atoms with E-state index in [4.69, 9.17) is 0 Å². The van der Waals surface area contributed by atoms with Gasteiger partial charge in [0, 0.05) is 0 Å². The largest absolute Gasteiger partial charge is 0.252 e. The number of halogens is 2. The van der Waals surface area contributed by atoms with Gasteiger partial charge in [0.2, 0.25) is 0 Å². The third-order valence-electron chi connectivity index (χ3n) is 0.408. The normalized spacial score (nSPS) is 10.0. The van der Waals surface area contributed by atoms with Gasteiger partial charge in [-0.2, -0.15) is 0 Å². The van der Waals surface area contributed by atoms with Gasteiger partial charge in [-0.15, -0.1) is 0 Å². The van der Waals surface area contributed by atoms with Gasteiger partial charge in [0.05, 0.1) is 0 Å². The Morgan fingerprint density at radius 3 is 1.67 bits per heavy atom. The molecule has 6 heavy (non-hydrogen) atoms. The summed E-state index contributed by atoms with van der Waals surface area (Å²) >= 11 is 0. The molecule has 0 spiro atoms. The first-order chi connectivity index (χ1) is 2.81. The molecule has 0 aromatic rings. The Morgan fingerprint density at radius 1 is 1.33 bits per heavy atom. The summed E-state index contributed by atoms with van der Waals surface area (Å²) in [5, 5.41) is 0. The van der Waals surface area contributed by atoms with Gasteiger partial charge in [0.1, 0.15) is 13.6 Å². The van der Waals surface area contributed by atoms with E-state index in [1.807, 2.05) is 0 Å². The van der Waals surface area contributed by atoms with Crippen molar-refractivity contribution in [2.24, 2.45) is 0 Å². The molecule has 0 rings (SSSR count). The highest BCUT2D eigenvalue weighted by atomic mass is 19.1. The van der Waals surface area contributed by atoms with Crippen LogP contribution >= 0.6 is 0 Å². The Hall–Kier alpha value is -0.180. The predicted molar refractivity (Wildman–Crippen MR) is 19.7 cm³/mol. The van der Waals surface area contributed by atoms with E-state index in [-0.39, 0.29) is 0 Å². The first-order valence-electron chi connectivity index (χ1n) is 1.61. The molecule has 0 aromatic heterocycles. The van der Waals surface area contributed by atoms with Gasteiger partial charge in [-0.1, -0.05) is 0 Å². The first kappa shape index (κ1) is 5.82. The van der Waals surface area contributed by atoms with E-state index in [2.05, 4.69) is 0 Å². The summed E-state index contributed by atoms with van der Waals surface area (Å²) < 4.78 is 22.1. The molecule has 0 aliphatic heterocycles. The topological polar surface area (TPSA) is 3.24 Å². The minimum Gasteiger partial charge on any atom is -0.252 e. The number of rotatable bonds is 2. The summed E-state index contributed by atoms with van der Waals surface area (Å²) in [7, 11) is 1.36. The van der Waals surface area contributed by atoms with Gasteiger partial charge >= 0.3 is 0 Å². The minimum absolute atomic E-state index is 0.712. The Balaban J connectivity index is 2.75. The number of hydrogen-bond donors (Lipinski definition) is 0. The van der Waals surface area contributed by atoms with Gasteiger partial charge < -0.3 is 0 Å². The van der Waals surface area contributed by atoms with E-state index in [0.29, 0.717) is 0 Å². The fourth-order valence-corrected chi connectivity index (χ4v) is 0.0319. The molecule has 38 valence electrons. The molecule has 0 aliphatic rings. The molecule has 0 saturated carbocycles. The van der Waals surface area contributed by atoms with Crippen LogP contribution in [0.1, 0.15) is 0 Å². The second kappa shape index (κ2) is 3.03. The van der Waals surface area contributed by atoms with Crippen LogP contribution in [-0.4, -0.2) is 25.5 Å². The molecule has 3 heteroatoms. The second-order valence-electron chi connectivity index (χ2n) is 1.10. The smallest absolute Gasteiger partial charge is 0.144 e. The third-order valence-corrected chi connectivity index (χ3v) is 0.408. The van der Waals surface area contributed by atoms with Crippen molar-refractivity contribution in [2.75, 3.05) is 20.6 Å². The number of alkyl halides is 2. The molecular weight excluding hydrogens is 88.0 g/mol. The maximum absolute atomic E-state index is 11.1. The Bertz CT molecular complexity index is 28.0. The van der Waals surface area contributed by atoms with Gasteiger partial charge in [0.15, 0.2) is 0 Å². The third kappa shape index (κ3) is 2.08. The molecule has 0 unspecified atom stereocenters. The van der Waals surface area contributed by atoms with Crippen molar-refractivity contribution in [3.8, 4) is 0 Å². The molecule has 0 radical (unpaired) electrons. The molecule has 0 N–H and O–H groups in total. The minimum atomic E-state index is -0.712. The molecule has 0 aliphatic carbocycles. The van der Waals surface area contributed by atoms with Crippen molar-refractivity contribution in [2.45, 2.75) is 0 Å². The number of nitrogens with zero attached hydrogens (tertiary/aromatic N) is 1. The summed E-state index contributed by atoms with van der Waals surface area (Å²) in [5.74, 6) is 0. The Morgan fingerprint density at radius 2 is 1.67 bits per heavy atom. The predicted octanol–water partition coefficient (Wildman–Crippen LogP) is 0.772. The van der Waals surface area contributed by atoms with E-state index in [9.17, 15) is 8.78 Å². The van der Waals surface area contributed by atoms with Gasteiger partial charge in [-0.3, -0.25) is 4.90 Å². The van der Waals surface area contributed by atoms with Crippen LogP contribution in [0.4, 0.5) is 8.78 Å². The summed E-state index contributed by atoms with van der Waals surface area (Å²) in [6.07, 6.45) is 0. The molecule has 0 bridgehead atoms. The molecule has 0 amide bonds. The van der Waals surface area contributed by atoms with Crippen LogP contribution in [0.5, 0.6) is 0 Å². The monoisotopic (exact) mass is 95.1 g/mol. The summed E-state index contributed by atoms with van der Waals surface area (Å²) in [4.78, 5) is 0.917. The zero-order chi connectivity index (χ0) is 4.99. The van der Waals surface area contributed by atoms with Crippen LogP contribution in [0.3, 0.4) is 0 Å². The van der Waals surface area contributed by atoms with Gasteiger partial charge in [-0.05, 0) is 7.05 Å². The van der Waals surface area contributed by atoms with Crippen LogP contribution in [0, 0.1) is 0 Å². The van der Waals surface area contributed by atoms with E-state index in [1.54, 1.807) is 0 Å². The highest BCUT2D eigenvalue weighted by Crippen LogP contribution is 1.79. The zero-order valence-corrected chi connectivity index (χ0v) is 3.62. The molecule has 0 aromatic carbocycles. The molecule has 0 heterocycles. The summed E-state index contributed by atoms with van der Waals surface area (Å²) in [6, 6.07) is 0. The van der Waals surface area contributed by atoms with Crippen molar-refractivity contribution >= 4 is 0 Å². The fourth-order valence-electron chi connectivity index (χ4n) is 0.0319. The van der Waals surface area contributed by atoms with Crippen LogP contribution in [0.25, 0.3) is 0 Å². The molecule has 0 saturated heterocycles. The van der Waals surface area contributed by atoms with Crippen molar-refractivity contribution in [3.63, 3.8) is 0 Å². The van der Waals surface area contributed by atoms with Crippen LogP contribution < -0.4 is 0 Å². The van der Waals surface area contributed by atoms with Gasteiger partial charge in [-0.25, -0.2) is 8.78 Å². The molecule has 0 fully saturated rings. The lowest BCUT2D eigenvalue weighted by molar-refractivity contribution is 0.159. The number of hydrogen-bond acceptors (Lipinski definition) is 1. The Kier molecular flexibility index (Phi) is 2.94. The van der Waals surface area contributed by atoms with E-state index < -0.39 is 13.6 Å². The van der Waals surface area contributed by atoms with Crippen molar-refractivity contribution < 1.29 is 8.78 Å². The van der Waals surface area contributed by atoms with Gasteiger partial charge in [0.25, 0.3) is 0 Å². The SMILES string of the molecule is CN(CF)CF. The van der Waals surface area contributed by atoms with Crippen molar-refractivity contribution in [1.82, 2.24) is 4.90 Å². The highest BCUT2D eigenvalue weighted by molar-refractivity contribution is 4.24. The van der Waals surface area contributed by atoms with E-state index in [0.717, 1.165) is 4.90 Å². The molecule has 0 atom stereocenters. The standard InChI is InChI=1S/C3H7F2N/c1-6(2-4)3-5/h2-3H2,1H3. The maximum atomic E-state index is 11.1. The van der Waals surface area contributed by atoms with Crippen molar-refractivity contribution in [1.29, 1.82) is 0 Å². The molecule has 1 nitrogen and oxygen atoms in total. The second-order valence-corrected chi connectivity index (χ2v) is 1.10. The van der Waals surface area contributed by atoms with Crippen LogP contribution in [-0.2, 0) is 0 Å². The fraction of sp³-hybridized carbons (Fsp3) is 1.00. The highest BCUT2D eigenvalue weighted by Gasteiger charge is 1.88. The van der Waals surface area contributed by atoms with Crippen molar-refractivity contribution in [3.05, 3.63) is 0 Å². The summed E-state index contributed by atoms with van der Waals surface area (Å²) in [6.45, 7) is -1.42. The lowest BCUT2D eigenvalue weighted by atomic mass is 10.9. The zero-order valence-electron chi connectivity index (χ0n) is 3.62. The lowest BCUT2D eigenvalue weighted by Gasteiger charge is -2.01. The Labute approximate surface area is 35.6 Å². The quantitative estimate of drug-likeness (QED) is 0.458.